The monoisotopic (exact) mass is 464 g/mol. The van der Waals surface area contributed by atoms with Gasteiger partial charge in [0.15, 0.2) is 0 Å². The number of hydrogen-bond donors (Lipinski definition) is 0. The van der Waals surface area contributed by atoms with E-state index in [1.165, 1.54) is 46.2 Å². The molecule has 4 aromatic rings. The SMILES string of the molecule is Cc1ccc(C#Cc2ccc(-c3ccc(C#Cc4ccc(C(C)C)cc4)cc3C)c(C3CC3)c2)cc1. The summed E-state index contributed by atoms with van der Waals surface area (Å²) in [6.07, 6.45) is 2.53. The number of rotatable bonds is 3. The topological polar surface area (TPSA) is 0 Å². The molecule has 0 heterocycles. The molecule has 0 N–H and O–H groups in total. The average Bonchev–Trinajstić information content (AvgIpc) is 3.73. The van der Waals surface area contributed by atoms with Crippen molar-refractivity contribution in [2.45, 2.75) is 52.4 Å². The van der Waals surface area contributed by atoms with Gasteiger partial charge in [-0.1, -0.05) is 79.5 Å². The molecule has 0 aromatic heterocycles. The minimum absolute atomic E-state index is 0.539. The average molecular weight is 465 g/mol. The van der Waals surface area contributed by atoms with Gasteiger partial charge in [-0.05, 0) is 115 Å². The predicted molar refractivity (Wildman–Crippen MR) is 152 cm³/mol. The molecule has 4 aromatic carbocycles. The fourth-order valence-corrected chi connectivity index (χ4v) is 4.54. The van der Waals surface area contributed by atoms with Crippen LogP contribution in [0.2, 0.25) is 0 Å². The summed E-state index contributed by atoms with van der Waals surface area (Å²) in [6, 6.07) is 30.3. The fourth-order valence-electron chi connectivity index (χ4n) is 4.54. The molecule has 0 bridgehead atoms. The number of benzene rings is 4. The van der Waals surface area contributed by atoms with Crippen LogP contribution in [0.5, 0.6) is 0 Å². The molecule has 1 aliphatic rings. The van der Waals surface area contributed by atoms with E-state index in [1.807, 2.05) is 0 Å². The summed E-state index contributed by atoms with van der Waals surface area (Å²) < 4.78 is 0. The molecule has 0 radical (unpaired) electrons. The van der Waals surface area contributed by atoms with Gasteiger partial charge in [0.1, 0.15) is 0 Å². The first-order valence-electron chi connectivity index (χ1n) is 12.9. The van der Waals surface area contributed by atoms with Crippen LogP contribution in [0, 0.1) is 37.5 Å². The Morgan fingerprint density at radius 3 is 1.64 bits per heavy atom. The minimum Gasteiger partial charge on any atom is -0.0617 e. The van der Waals surface area contributed by atoms with Gasteiger partial charge in [0.25, 0.3) is 0 Å². The van der Waals surface area contributed by atoms with E-state index in [2.05, 4.69) is 136 Å². The lowest BCUT2D eigenvalue weighted by Crippen LogP contribution is -1.92. The third kappa shape index (κ3) is 5.62. The highest BCUT2D eigenvalue weighted by Gasteiger charge is 2.27. The molecule has 1 aliphatic carbocycles. The van der Waals surface area contributed by atoms with E-state index in [-0.39, 0.29) is 0 Å². The first kappa shape index (κ1) is 23.7. The summed E-state index contributed by atoms with van der Waals surface area (Å²) in [5.74, 6) is 14.6. The van der Waals surface area contributed by atoms with Crippen molar-refractivity contribution in [3.63, 3.8) is 0 Å². The fraction of sp³-hybridized carbons (Fsp3) is 0.222. The van der Waals surface area contributed by atoms with Crippen molar-refractivity contribution in [2.24, 2.45) is 0 Å². The van der Waals surface area contributed by atoms with Crippen molar-refractivity contribution < 1.29 is 0 Å². The third-order valence-corrected chi connectivity index (χ3v) is 6.92. The maximum absolute atomic E-state index is 3.38. The Bertz CT molecular complexity index is 1500. The Kier molecular flexibility index (Phi) is 6.80. The van der Waals surface area contributed by atoms with Gasteiger partial charge >= 0.3 is 0 Å². The smallest absolute Gasteiger partial charge is 0.0252 e. The highest BCUT2D eigenvalue weighted by Crippen LogP contribution is 2.45. The number of aryl methyl sites for hydroxylation is 2. The van der Waals surface area contributed by atoms with E-state index >= 15 is 0 Å². The van der Waals surface area contributed by atoms with Crippen LogP contribution in [0.1, 0.15) is 83.0 Å². The zero-order chi connectivity index (χ0) is 25.1. The zero-order valence-corrected chi connectivity index (χ0v) is 21.7. The van der Waals surface area contributed by atoms with Gasteiger partial charge in [0.05, 0.1) is 0 Å². The second kappa shape index (κ2) is 10.3. The molecule has 0 heteroatoms. The summed E-state index contributed by atoms with van der Waals surface area (Å²) in [4.78, 5) is 0. The van der Waals surface area contributed by atoms with Crippen molar-refractivity contribution in [3.8, 4) is 34.8 Å². The van der Waals surface area contributed by atoms with Crippen LogP contribution in [0.15, 0.2) is 84.9 Å². The normalized spacial score (nSPS) is 12.5. The Hall–Kier alpha value is -4.00. The maximum atomic E-state index is 3.38. The van der Waals surface area contributed by atoms with Gasteiger partial charge < -0.3 is 0 Å². The molecule has 1 saturated carbocycles. The van der Waals surface area contributed by atoms with E-state index in [1.54, 1.807) is 0 Å². The standard InChI is InChI=1S/C36H32/c1-25(2)32-17-13-29(14-18-32)9-11-30-15-21-34(27(4)23-30)35-22-16-31(24-36(35)33-19-20-33)12-10-28-7-5-26(3)6-8-28/h5-8,13-18,21-25,33H,19-20H2,1-4H3. The third-order valence-electron chi connectivity index (χ3n) is 6.92. The lowest BCUT2D eigenvalue weighted by Gasteiger charge is -2.13. The zero-order valence-electron chi connectivity index (χ0n) is 21.7. The Morgan fingerprint density at radius 1 is 0.583 bits per heavy atom. The number of hydrogen-bond acceptors (Lipinski definition) is 0. The quantitative estimate of drug-likeness (QED) is 0.266. The van der Waals surface area contributed by atoms with Gasteiger partial charge in [0, 0.05) is 22.3 Å². The van der Waals surface area contributed by atoms with Crippen molar-refractivity contribution in [1.29, 1.82) is 0 Å². The molecule has 36 heavy (non-hydrogen) atoms. The van der Waals surface area contributed by atoms with E-state index in [0.717, 1.165) is 22.3 Å². The molecule has 0 amide bonds. The molecule has 0 atom stereocenters. The van der Waals surface area contributed by atoms with Gasteiger partial charge in [-0.25, -0.2) is 0 Å². The van der Waals surface area contributed by atoms with Crippen LogP contribution in [0.4, 0.5) is 0 Å². The molecular formula is C36H32. The van der Waals surface area contributed by atoms with Crippen molar-refractivity contribution in [1.82, 2.24) is 0 Å². The van der Waals surface area contributed by atoms with Crippen LogP contribution < -0.4 is 0 Å². The van der Waals surface area contributed by atoms with Crippen LogP contribution >= 0.6 is 0 Å². The van der Waals surface area contributed by atoms with Gasteiger partial charge in [-0.15, -0.1) is 0 Å². The van der Waals surface area contributed by atoms with Crippen LogP contribution in [-0.2, 0) is 0 Å². The first-order chi connectivity index (χ1) is 17.5. The second-order valence-corrected chi connectivity index (χ2v) is 10.2. The lowest BCUT2D eigenvalue weighted by atomic mass is 9.91. The van der Waals surface area contributed by atoms with E-state index < -0.39 is 0 Å². The highest BCUT2D eigenvalue weighted by atomic mass is 14.3. The van der Waals surface area contributed by atoms with Crippen molar-refractivity contribution in [2.75, 3.05) is 0 Å². The molecule has 0 saturated heterocycles. The summed E-state index contributed by atoms with van der Waals surface area (Å²) in [5.41, 5.74) is 12.2. The summed E-state index contributed by atoms with van der Waals surface area (Å²) in [5, 5.41) is 0. The first-order valence-corrected chi connectivity index (χ1v) is 12.9. The molecule has 0 nitrogen and oxygen atoms in total. The predicted octanol–water partition coefficient (Wildman–Crippen LogP) is 8.77. The summed E-state index contributed by atoms with van der Waals surface area (Å²) in [7, 11) is 0. The van der Waals surface area contributed by atoms with E-state index in [9.17, 15) is 0 Å². The van der Waals surface area contributed by atoms with E-state index in [0.29, 0.717) is 11.8 Å². The molecule has 1 fully saturated rings. The highest BCUT2D eigenvalue weighted by molar-refractivity contribution is 5.73. The van der Waals surface area contributed by atoms with Gasteiger partial charge in [0.2, 0.25) is 0 Å². The van der Waals surface area contributed by atoms with Crippen LogP contribution in [-0.4, -0.2) is 0 Å². The molecule has 0 aliphatic heterocycles. The molecule has 0 unspecified atom stereocenters. The van der Waals surface area contributed by atoms with Gasteiger partial charge in [-0.2, -0.15) is 0 Å². The Morgan fingerprint density at radius 2 is 1.08 bits per heavy atom. The summed E-state index contributed by atoms with van der Waals surface area (Å²) in [6.45, 7) is 8.72. The van der Waals surface area contributed by atoms with Crippen molar-refractivity contribution in [3.05, 3.63) is 129 Å². The van der Waals surface area contributed by atoms with Crippen LogP contribution in [0.25, 0.3) is 11.1 Å². The van der Waals surface area contributed by atoms with Crippen molar-refractivity contribution >= 4 is 0 Å². The molecule has 0 spiro atoms. The largest absolute Gasteiger partial charge is 0.0617 e. The lowest BCUT2D eigenvalue weighted by molar-refractivity contribution is 0.866. The molecule has 5 rings (SSSR count). The molecule has 176 valence electrons. The Labute approximate surface area is 216 Å². The maximum Gasteiger partial charge on any atom is 0.0252 e. The van der Waals surface area contributed by atoms with Gasteiger partial charge in [-0.3, -0.25) is 0 Å². The summed E-state index contributed by atoms with van der Waals surface area (Å²) >= 11 is 0. The van der Waals surface area contributed by atoms with Crippen LogP contribution in [0.3, 0.4) is 0 Å². The Balaban J connectivity index is 1.40. The molecular weight excluding hydrogens is 432 g/mol. The second-order valence-electron chi connectivity index (χ2n) is 10.2. The minimum atomic E-state index is 0.539. The van der Waals surface area contributed by atoms with E-state index in [4.69, 9.17) is 0 Å².